The van der Waals surface area contributed by atoms with Crippen molar-refractivity contribution in [2.24, 2.45) is 0 Å². The summed E-state index contributed by atoms with van der Waals surface area (Å²) >= 11 is 0. The van der Waals surface area contributed by atoms with Crippen LogP contribution in [-0.2, 0) is 11.5 Å². The van der Waals surface area contributed by atoms with Gasteiger partial charge in [0.25, 0.3) is 0 Å². The molecule has 0 aromatic carbocycles. The fourth-order valence-electron chi connectivity index (χ4n) is 1.18. The highest BCUT2D eigenvalue weighted by Gasteiger charge is 2.02. The Kier molecular flexibility index (Phi) is 5.35. The summed E-state index contributed by atoms with van der Waals surface area (Å²) in [5, 5.41) is 9.45. The van der Waals surface area contributed by atoms with E-state index in [9.17, 15) is 4.79 Å². The Morgan fingerprint density at radius 2 is 2.44 bits per heavy atom. The quantitative estimate of drug-likeness (QED) is 0.720. The number of rotatable bonds is 6. The van der Waals surface area contributed by atoms with Crippen LogP contribution in [0.25, 0.3) is 0 Å². The van der Waals surface area contributed by atoms with Crippen molar-refractivity contribution in [2.75, 3.05) is 19.0 Å². The molecule has 0 unspecified atom stereocenters. The molecule has 1 rings (SSSR count). The van der Waals surface area contributed by atoms with Gasteiger partial charge in [-0.1, -0.05) is 13.3 Å². The molecule has 0 aliphatic carbocycles. The molecule has 1 heterocycles. The molecule has 6 heteroatoms. The summed E-state index contributed by atoms with van der Waals surface area (Å²) in [6.07, 6.45) is 5.34. The van der Waals surface area contributed by atoms with E-state index in [1.807, 2.05) is 0 Å². The molecule has 0 radical (unpaired) electrons. The van der Waals surface area contributed by atoms with Crippen LogP contribution in [-0.4, -0.2) is 29.5 Å². The maximum Gasteiger partial charge on any atom is 0.319 e. The molecule has 0 aliphatic heterocycles. The number of methoxy groups -OCH3 is 1. The molecule has 0 bridgehead atoms. The Hall–Kier alpha value is -1.56. The summed E-state index contributed by atoms with van der Waals surface area (Å²) in [4.78, 5) is 11.4. The smallest absolute Gasteiger partial charge is 0.319 e. The molecule has 2 amide bonds. The second kappa shape index (κ2) is 6.84. The predicted molar refractivity (Wildman–Crippen MR) is 61.2 cm³/mol. The van der Waals surface area contributed by atoms with Crippen molar-refractivity contribution in [3.63, 3.8) is 0 Å². The van der Waals surface area contributed by atoms with Gasteiger partial charge < -0.3 is 15.4 Å². The van der Waals surface area contributed by atoms with Crippen molar-refractivity contribution in [3.8, 4) is 0 Å². The molecule has 2 N–H and O–H groups in total. The average molecular weight is 226 g/mol. The summed E-state index contributed by atoms with van der Waals surface area (Å²) in [5.74, 6) is 0. The largest absolute Gasteiger partial charge is 0.362 e. The second-order valence-corrected chi connectivity index (χ2v) is 3.42. The lowest BCUT2D eigenvalue weighted by Gasteiger charge is -2.04. The first-order chi connectivity index (χ1) is 7.76. The van der Waals surface area contributed by atoms with Crippen LogP contribution in [0.15, 0.2) is 12.4 Å². The van der Waals surface area contributed by atoms with Crippen LogP contribution in [0.2, 0.25) is 0 Å². The van der Waals surface area contributed by atoms with Gasteiger partial charge in [-0.15, -0.1) is 0 Å². The summed E-state index contributed by atoms with van der Waals surface area (Å²) in [7, 11) is 1.59. The van der Waals surface area contributed by atoms with Gasteiger partial charge in [0.1, 0.15) is 6.73 Å². The number of urea groups is 1. The minimum absolute atomic E-state index is 0.203. The normalized spacial score (nSPS) is 10.1. The van der Waals surface area contributed by atoms with Crippen molar-refractivity contribution in [1.29, 1.82) is 0 Å². The van der Waals surface area contributed by atoms with E-state index in [-0.39, 0.29) is 6.03 Å². The number of nitrogens with zero attached hydrogens (tertiary/aromatic N) is 2. The highest BCUT2D eigenvalue weighted by Crippen LogP contribution is 2.04. The summed E-state index contributed by atoms with van der Waals surface area (Å²) in [6, 6.07) is -0.203. The van der Waals surface area contributed by atoms with Gasteiger partial charge in [0.05, 0.1) is 18.1 Å². The molecule has 1 aromatic heterocycles. The first-order valence-corrected chi connectivity index (χ1v) is 5.32. The molecule has 0 fully saturated rings. The third kappa shape index (κ3) is 4.31. The molecule has 0 saturated carbocycles. The topological polar surface area (TPSA) is 68.2 Å². The van der Waals surface area contributed by atoms with Crippen molar-refractivity contribution >= 4 is 11.7 Å². The van der Waals surface area contributed by atoms with Crippen LogP contribution in [0.3, 0.4) is 0 Å². The van der Waals surface area contributed by atoms with Crippen LogP contribution in [0.4, 0.5) is 10.5 Å². The zero-order valence-corrected chi connectivity index (χ0v) is 9.69. The molecule has 0 saturated heterocycles. The second-order valence-electron chi connectivity index (χ2n) is 3.42. The number of unbranched alkanes of at least 4 members (excludes halogenated alkanes) is 1. The number of nitrogens with one attached hydrogen (secondary N) is 2. The Bertz CT molecular complexity index is 324. The third-order valence-electron chi connectivity index (χ3n) is 1.97. The van der Waals surface area contributed by atoms with Gasteiger partial charge >= 0.3 is 6.03 Å². The average Bonchev–Trinajstić information content (AvgIpc) is 2.66. The van der Waals surface area contributed by atoms with E-state index in [2.05, 4.69) is 22.7 Å². The molecule has 0 aliphatic rings. The standard InChI is InChI=1S/C10H18N4O2/c1-3-4-5-11-10(15)13-9-6-12-14(7-9)8-16-2/h6-7H,3-5,8H2,1-2H3,(H2,11,13,15). The van der Waals surface area contributed by atoms with Gasteiger partial charge in [-0.2, -0.15) is 5.10 Å². The first-order valence-electron chi connectivity index (χ1n) is 5.32. The molecule has 0 spiro atoms. The maximum absolute atomic E-state index is 11.4. The summed E-state index contributed by atoms with van der Waals surface area (Å²) < 4.78 is 6.50. The zero-order chi connectivity index (χ0) is 11.8. The summed E-state index contributed by atoms with van der Waals surface area (Å²) in [5.41, 5.74) is 0.658. The minimum atomic E-state index is -0.203. The lowest BCUT2D eigenvalue weighted by molar-refractivity contribution is 0.120. The highest BCUT2D eigenvalue weighted by atomic mass is 16.5. The Balaban J connectivity index is 2.31. The Labute approximate surface area is 95.0 Å². The Morgan fingerprint density at radius 1 is 1.62 bits per heavy atom. The predicted octanol–water partition coefficient (Wildman–Crippen LogP) is 1.41. The number of hydrogen-bond acceptors (Lipinski definition) is 3. The molecule has 1 aromatic rings. The number of ether oxygens (including phenoxy) is 1. The van der Waals surface area contributed by atoms with Crippen LogP contribution < -0.4 is 10.6 Å². The van der Waals surface area contributed by atoms with Crippen LogP contribution >= 0.6 is 0 Å². The van der Waals surface area contributed by atoms with Gasteiger partial charge in [-0.3, -0.25) is 0 Å². The molecular weight excluding hydrogens is 208 g/mol. The van der Waals surface area contributed by atoms with Gasteiger partial charge in [0.15, 0.2) is 0 Å². The molecule has 6 nitrogen and oxygen atoms in total. The maximum atomic E-state index is 11.4. The van der Waals surface area contributed by atoms with E-state index < -0.39 is 0 Å². The molecular formula is C10H18N4O2. The monoisotopic (exact) mass is 226 g/mol. The van der Waals surface area contributed by atoms with E-state index in [1.165, 1.54) is 0 Å². The SMILES string of the molecule is CCCCNC(=O)Nc1cnn(COC)c1. The minimum Gasteiger partial charge on any atom is -0.362 e. The van der Waals surface area contributed by atoms with Gasteiger partial charge in [-0.05, 0) is 6.42 Å². The zero-order valence-electron chi connectivity index (χ0n) is 9.69. The lowest BCUT2D eigenvalue weighted by atomic mass is 10.3. The Morgan fingerprint density at radius 3 is 3.12 bits per heavy atom. The van der Waals surface area contributed by atoms with Crippen molar-refractivity contribution in [1.82, 2.24) is 15.1 Å². The first kappa shape index (κ1) is 12.5. The number of aromatic nitrogens is 2. The van der Waals surface area contributed by atoms with Gasteiger partial charge in [-0.25, -0.2) is 9.48 Å². The van der Waals surface area contributed by atoms with E-state index in [0.717, 1.165) is 12.8 Å². The number of hydrogen-bond donors (Lipinski definition) is 2. The van der Waals surface area contributed by atoms with Crippen LogP contribution in [0.5, 0.6) is 0 Å². The van der Waals surface area contributed by atoms with Crippen molar-refractivity contribution < 1.29 is 9.53 Å². The van der Waals surface area contributed by atoms with Crippen molar-refractivity contribution in [2.45, 2.75) is 26.5 Å². The van der Waals surface area contributed by atoms with Gasteiger partial charge in [0, 0.05) is 13.7 Å². The fourth-order valence-corrected chi connectivity index (χ4v) is 1.18. The lowest BCUT2D eigenvalue weighted by Crippen LogP contribution is -2.29. The third-order valence-corrected chi connectivity index (χ3v) is 1.97. The van der Waals surface area contributed by atoms with Crippen LogP contribution in [0.1, 0.15) is 19.8 Å². The molecule has 16 heavy (non-hydrogen) atoms. The highest BCUT2D eigenvalue weighted by molar-refractivity contribution is 5.88. The van der Waals surface area contributed by atoms with E-state index in [4.69, 9.17) is 4.74 Å². The molecule has 90 valence electrons. The fraction of sp³-hybridized carbons (Fsp3) is 0.600. The number of anilines is 1. The summed E-state index contributed by atoms with van der Waals surface area (Å²) in [6.45, 7) is 3.14. The van der Waals surface area contributed by atoms with E-state index >= 15 is 0 Å². The van der Waals surface area contributed by atoms with Crippen LogP contribution in [0, 0.1) is 0 Å². The van der Waals surface area contributed by atoms with Crippen molar-refractivity contribution in [3.05, 3.63) is 12.4 Å². The van der Waals surface area contributed by atoms with E-state index in [1.54, 1.807) is 24.2 Å². The van der Waals surface area contributed by atoms with Gasteiger partial charge in [0.2, 0.25) is 0 Å². The van der Waals surface area contributed by atoms with E-state index in [0.29, 0.717) is 19.0 Å². The number of carbonyl (C=O) groups excluding carboxylic acids is 1. The number of carbonyl (C=O) groups is 1. The number of amides is 2. The molecule has 0 atom stereocenters.